The van der Waals surface area contributed by atoms with Crippen LogP contribution in [0.2, 0.25) is 0 Å². The van der Waals surface area contributed by atoms with E-state index in [0.717, 1.165) is 25.0 Å². The zero-order chi connectivity index (χ0) is 9.59. The molecule has 0 fully saturated rings. The fraction of sp³-hybridized carbons (Fsp3) is 0.143. The van der Waals surface area contributed by atoms with Crippen LogP contribution >= 0.6 is 51.3 Å². The Hall–Kier alpha value is 0.180. The van der Waals surface area contributed by atoms with Crippen molar-refractivity contribution in [2.45, 2.75) is 6.92 Å². The molecule has 13 heavy (non-hydrogen) atoms. The number of thiol groups is 1. The highest BCUT2D eigenvalue weighted by molar-refractivity contribution is 14.1. The van der Waals surface area contributed by atoms with E-state index in [2.05, 4.69) is 61.3 Å². The summed E-state index contributed by atoms with van der Waals surface area (Å²) in [5.41, 5.74) is 2.76. The lowest BCUT2D eigenvalue weighted by molar-refractivity contribution is 1.16. The third-order valence-electron chi connectivity index (χ3n) is 1.77. The molecule has 0 aliphatic rings. The highest BCUT2D eigenvalue weighted by Crippen LogP contribution is 2.25. The minimum Gasteiger partial charge on any atom is -0.272 e. The maximum atomic E-state index is 4.33. The summed E-state index contributed by atoms with van der Waals surface area (Å²) < 4.78 is 3.59. The van der Waals surface area contributed by atoms with Gasteiger partial charge in [-0.3, -0.25) is 3.97 Å². The van der Waals surface area contributed by atoms with E-state index < -0.39 is 0 Å². The summed E-state index contributed by atoms with van der Waals surface area (Å²) in [5.74, 6) is 0. The number of fused-ring (bicyclic) bond motifs is 1. The lowest BCUT2D eigenvalue weighted by Crippen LogP contribution is -1.86. The molecule has 0 radical (unpaired) electrons. The first-order chi connectivity index (χ1) is 6.11. The second-order valence-electron chi connectivity index (χ2n) is 2.58. The summed E-state index contributed by atoms with van der Waals surface area (Å²) in [4.78, 5) is 8.57. The van der Waals surface area contributed by atoms with Crippen molar-refractivity contribution in [3.63, 3.8) is 0 Å². The molecule has 2 aromatic rings. The van der Waals surface area contributed by atoms with Crippen LogP contribution in [-0.2, 0) is 0 Å². The molecule has 0 aliphatic heterocycles. The molecule has 2 heterocycles. The van der Waals surface area contributed by atoms with Gasteiger partial charge in [-0.2, -0.15) is 0 Å². The van der Waals surface area contributed by atoms with Gasteiger partial charge in [-0.15, -0.1) is 0 Å². The normalized spacial score (nSPS) is 11.1. The van der Waals surface area contributed by atoms with E-state index in [-0.39, 0.29) is 0 Å². The van der Waals surface area contributed by atoms with E-state index in [1.807, 2.05) is 6.92 Å². The number of nitrogens with zero attached hydrogens (tertiary/aromatic N) is 3. The summed E-state index contributed by atoms with van der Waals surface area (Å²) in [6.07, 6.45) is 1.67. The maximum Gasteiger partial charge on any atom is 0.170 e. The van der Waals surface area contributed by atoms with E-state index in [9.17, 15) is 0 Å². The van der Waals surface area contributed by atoms with Gasteiger partial charge in [0.2, 0.25) is 0 Å². The molecule has 0 saturated carbocycles. The molecule has 0 bridgehead atoms. The van der Waals surface area contributed by atoms with Crippen molar-refractivity contribution in [1.82, 2.24) is 13.9 Å². The molecule has 2 rings (SSSR count). The van der Waals surface area contributed by atoms with Gasteiger partial charge in [-0.05, 0) is 45.4 Å². The van der Waals surface area contributed by atoms with Crippen molar-refractivity contribution in [1.29, 1.82) is 0 Å². The van der Waals surface area contributed by atoms with Gasteiger partial charge in [0.15, 0.2) is 5.65 Å². The Labute approximate surface area is 103 Å². The molecule has 0 saturated heterocycles. The van der Waals surface area contributed by atoms with Crippen LogP contribution in [0.15, 0.2) is 10.8 Å². The Bertz CT molecular complexity index is 482. The standard InChI is InChI=1S/C7H5BrIN3S/c1-3-5(9)6-7(12(3)13)10-2-4(8)11-6/h2,13H,1H3. The summed E-state index contributed by atoms with van der Waals surface area (Å²) in [7, 11) is 0. The van der Waals surface area contributed by atoms with Crippen molar-refractivity contribution < 1.29 is 0 Å². The summed E-state index contributed by atoms with van der Waals surface area (Å²) in [5, 5.41) is 0. The minimum absolute atomic E-state index is 0.747. The quantitative estimate of drug-likeness (QED) is 0.571. The zero-order valence-corrected chi connectivity index (χ0v) is 11.3. The first-order valence-corrected chi connectivity index (χ1v) is 5.76. The minimum atomic E-state index is 0.747. The molecule has 3 nitrogen and oxygen atoms in total. The van der Waals surface area contributed by atoms with Crippen LogP contribution in [0.4, 0.5) is 0 Å². The van der Waals surface area contributed by atoms with Crippen LogP contribution in [0.5, 0.6) is 0 Å². The Morgan fingerprint density at radius 2 is 2.31 bits per heavy atom. The van der Waals surface area contributed by atoms with E-state index in [1.54, 1.807) is 10.2 Å². The van der Waals surface area contributed by atoms with Gasteiger partial charge >= 0.3 is 0 Å². The number of rotatable bonds is 0. The second-order valence-corrected chi connectivity index (χ2v) is 4.87. The number of hydrogen-bond donors (Lipinski definition) is 1. The third-order valence-corrected chi connectivity index (χ3v) is 3.93. The van der Waals surface area contributed by atoms with E-state index in [1.165, 1.54) is 0 Å². The van der Waals surface area contributed by atoms with Gasteiger partial charge in [0, 0.05) is 5.69 Å². The van der Waals surface area contributed by atoms with Crippen LogP contribution < -0.4 is 0 Å². The first kappa shape index (κ1) is 9.72. The fourth-order valence-electron chi connectivity index (χ4n) is 1.09. The van der Waals surface area contributed by atoms with Gasteiger partial charge in [-0.1, -0.05) is 12.8 Å². The van der Waals surface area contributed by atoms with Crippen LogP contribution in [-0.4, -0.2) is 13.9 Å². The molecule has 0 aliphatic carbocycles. The Balaban J connectivity index is 2.95. The molecule has 0 aromatic carbocycles. The lowest BCUT2D eigenvalue weighted by atomic mass is 10.4. The van der Waals surface area contributed by atoms with Gasteiger partial charge in [0.25, 0.3) is 0 Å². The van der Waals surface area contributed by atoms with Gasteiger partial charge < -0.3 is 0 Å². The summed E-state index contributed by atoms with van der Waals surface area (Å²) >= 11 is 9.85. The third kappa shape index (κ3) is 1.48. The van der Waals surface area contributed by atoms with E-state index in [4.69, 9.17) is 0 Å². The molecular weight excluding hydrogens is 365 g/mol. The van der Waals surface area contributed by atoms with Crippen LogP contribution in [0, 0.1) is 10.5 Å². The molecule has 0 unspecified atom stereocenters. The topological polar surface area (TPSA) is 30.7 Å². The van der Waals surface area contributed by atoms with Crippen molar-refractivity contribution in [2.24, 2.45) is 0 Å². The fourth-order valence-corrected chi connectivity index (χ4v) is 2.41. The monoisotopic (exact) mass is 369 g/mol. The SMILES string of the molecule is Cc1c(I)c2nc(Br)cnc2n1S. The second kappa shape index (κ2) is 3.39. The number of halogens is 2. The lowest BCUT2D eigenvalue weighted by Gasteiger charge is -1.94. The molecule has 0 spiro atoms. The summed E-state index contributed by atoms with van der Waals surface area (Å²) in [6.45, 7) is 1.99. The first-order valence-electron chi connectivity index (χ1n) is 3.49. The Morgan fingerprint density at radius 1 is 1.62 bits per heavy atom. The van der Waals surface area contributed by atoms with Crippen LogP contribution in [0.3, 0.4) is 0 Å². The molecule has 0 atom stereocenters. The van der Waals surface area contributed by atoms with E-state index >= 15 is 0 Å². The number of hydrogen-bond acceptors (Lipinski definition) is 3. The van der Waals surface area contributed by atoms with Gasteiger partial charge in [0.1, 0.15) is 10.1 Å². The highest BCUT2D eigenvalue weighted by atomic mass is 127. The van der Waals surface area contributed by atoms with Gasteiger partial charge in [-0.25, -0.2) is 9.97 Å². The van der Waals surface area contributed by atoms with E-state index in [0.29, 0.717) is 0 Å². The van der Waals surface area contributed by atoms with Crippen molar-refractivity contribution in [2.75, 3.05) is 0 Å². The summed E-state index contributed by atoms with van der Waals surface area (Å²) in [6, 6.07) is 0. The number of aromatic nitrogens is 3. The average Bonchev–Trinajstić information content (AvgIpc) is 2.32. The Kier molecular flexibility index (Phi) is 2.54. The molecule has 2 aromatic heterocycles. The van der Waals surface area contributed by atoms with Crippen molar-refractivity contribution >= 4 is 62.5 Å². The highest BCUT2D eigenvalue weighted by Gasteiger charge is 2.12. The van der Waals surface area contributed by atoms with Crippen molar-refractivity contribution in [3.8, 4) is 0 Å². The average molecular weight is 370 g/mol. The largest absolute Gasteiger partial charge is 0.272 e. The van der Waals surface area contributed by atoms with Crippen molar-refractivity contribution in [3.05, 3.63) is 20.1 Å². The predicted molar refractivity (Wildman–Crippen MR) is 67.1 cm³/mol. The Morgan fingerprint density at radius 3 is 3.00 bits per heavy atom. The zero-order valence-electron chi connectivity index (χ0n) is 6.62. The molecule has 0 amide bonds. The van der Waals surface area contributed by atoms with Crippen LogP contribution in [0.25, 0.3) is 11.2 Å². The smallest absolute Gasteiger partial charge is 0.170 e. The molecule has 0 N–H and O–H groups in total. The predicted octanol–water partition coefficient (Wildman–Crippen LogP) is 2.80. The van der Waals surface area contributed by atoms with Crippen LogP contribution in [0.1, 0.15) is 5.69 Å². The molecule has 68 valence electrons. The molecule has 6 heteroatoms. The van der Waals surface area contributed by atoms with Gasteiger partial charge in [0.05, 0.1) is 9.77 Å². The maximum absolute atomic E-state index is 4.33. The molecular formula is C7H5BrIN3S.